The van der Waals surface area contributed by atoms with Gasteiger partial charge in [-0.3, -0.25) is 0 Å². The zero-order valence-corrected chi connectivity index (χ0v) is 9.32. The molecule has 1 aromatic heterocycles. The Labute approximate surface area is 87.4 Å². The van der Waals surface area contributed by atoms with Gasteiger partial charge in [0.25, 0.3) is 0 Å². The van der Waals surface area contributed by atoms with E-state index in [0.29, 0.717) is 16.8 Å². The molecule has 0 radical (unpaired) electrons. The van der Waals surface area contributed by atoms with E-state index in [1.165, 1.54) is 16.9 Å². The molecule has 72 valence electrons. The lowest BCUT2D eigenvalue weighted by atomic mass is 10.0. The van der Waals surface area contributed by atoms with Gasteiger partial charge >= 0.3 is 0 Å². The van der Waals surface area contributed by atoms with Crippen LogP contribution in [0.3, 0.4) is 0 Å². The van der Waals surface area contributed by atoms with Gasteiger partial charge in [-0.25, -0.2) is 4.98 Å². The maximum atomic E-state index is 5.76. The summed E-state index contributed by atoms with van der Waals surface area (Å²) >= 11 is 7.23. The van der Waals surface area contributed by atoms with Gasteiger partial charge in [0.15, 0.2) is 0 Å². The Kier molecular flexibility index (Phi) is 3.90. The summed E-state index contributed by atoms with van der Waals surface area (Å²) in [4.78, 5) is 4.14. The molecule has 0 bridgehead atoms. The number of aromatic nitrogens is 1. The topological polar surface area (TPSA) is 38.9 Å². The second-order valence-electron chi connectivity index (χ2n) is 3.08. The first-order chi connectivity index (χ1) is 6.13. The second-order valence-corrected chi connectivity index (χ2v) is 4.77. The van der Waals surface area contributed by atoms with Crippen LogP contribution in [0.4, 0.5) is 0 Å². The fourth-order valence-electron chi connectivity index (χ4n) is 0.954. The average molecular weight is 217 g/mol. The van der Waals surface area contributed by atoms with Crippen molar-refractivity contribution >= 4 is 29.0 Å². The van der Waals surface area contributed by atoms with Gasteiger partial charge in [0.1, 0.15) is 9.34 Å². The molecule has 0 amide bonds. The molecule has 4 heteroatoms. The van der Waals surface area contributed by atoms with Gasteiger partial charge in [-0.05, 0) is 12.0 Å². The van der Waals surface area contributed by atoms with Gasteiger partial charge in [0.2, 0.25) is 0 Å². The van der Waals surface area contributed by atoms with E-state index in [2.05, 4.69) is 18.8 Å². The van der Waals surface area contributed by atoms with Crippen LogP contribution in [0.1, 0.15) is 18.9 Å². The van der Waals surface area contributed by atoms with Crippen molar-refractivity contribution in [2.45, 2.75) is 13.8 Å². The minimum Gasteiger partial charge on any atom is -0.327 e. The number of hydrogen-bond donors (Lipinski definition) is 1. The first-order valence-electron chi connectivity index (χ1n) is 4.15. The lowest BCUT2D eigenvalue weighted by molar-refractivity contribution is 0.752. The Balaban J connectivity index is 2.84. The van der Waals surface area contributed by atoms with Crippen LogP contribution in [-0.4, -0.2) is 11.5 Å². The molecule has 0 atom stereocenters. The summed E-state index contributed by atoms with van der Waals surface area (Å²) in [5.41, 5.74) is 6.80. The molecule has 1 rings (SSSR count). The maximum absolute atomic E-state index is 5.76. The van der Waals surface area contributed by atoms with Gasteiger partial charge in [0, 0.05) is 6.54 Å². The molecule has 0 spiro atoms. The maximum Gasteiger partial charge on any atom is 0.117 e. The molecular formula is C9H13ClN2S. The Morgan fingerprint density at radius 3 is 2.85 bits per heavy atom. The zero-order valence-electron chi connectivity index (χ0n) is 7.75. The van der Waals surface area contributed by atoms with Crippen molar-refractivity contribution in [3.8, 4) is 0 Å². The molecule has 2 N–H and O–H groups in total. The summed E-state index contributed by atoms with van der Waals surface area (Å²) in [7, 11) is 0. The van der Waals surface area contributed by atoms with Gasteiger partial charge in [-0.2, -0.15) is 0 Å². The van der Waals surface area contributed by atoms with Crippen molar-refractivity contribution < 1.29 is 0 Å². The number of nitrogens with two attached hydrogens (primary N) is 1. The van der Waals surface area contributed by atoms with Crippen LogP contribution in [0.25, 0.3) is 6.08 Å². The first kappa shape index (κ1) is 10.7. The van der Waals surface area contributed by atoms with Crippen LogP contribution in [0.15, 0.2) is 11.8 Å². The highest BCUT2D eigenvalue weighted by Gasteiger charge is 2.03. The smallest absolute Gasteiger partial charge is 0.117 e. The van der Waals surface area contributed by atoms with E-state index in [1.54, 1.807) is 6.20 Å². The molecule has 0 aliphatic rings. The van der Waals surface area contributed by atoms with Crippen molar-refractivity contribution in [3.05, 3.63) is 21.1 Å². The van der Waals surface area contributed by atoms with Gasteiger partial charge in [0.05, 0.1) is 6.20 Å². The minimum absolute atomic E-state index is 0.465. The molecule has 0 saturated carbocycles. The summed E-state index contributed by atoms with van der Waals surface area (Å²) in [5, 5.41) is 0.930. The summed E-state index contributed by atoms with van der Waals surface area (Å²) in [5.74, 6) is 0.465. The SMILES string of the molecule is CC(C)/C(=C/c1ncc(Cl)s1)CN. The minimum atomic E-state index is 0.465. The van der Waals surface area contributed by atoms with E-state index in [-0.39, 0.29) is 0 Å². The number of thiazole rings is 1. The summed E-state index contributed by atoms with van der Waals surface area (Å²) in [6.07, 6.45) is 3.67. The van der Waals surface area contributed by atoms with Crippen LogP contribution < -0.4 is 5.73 Å². The van der Waals surface area contributed by atoms with Gasteiger partial charge in [-0.15, -0.1) is 11.3 Å². The Morgan fingerprint density at radius 2 is 2.46 bits per heavy atom. The summed E-state index contributed by atoms with van der Waals surface area (Å²) in [6.45, 7) is 4.82. The van der Waals surface area contributed by atoms with Crippen molar-refractivity contribution in [1.82, 2.24) is 4.98 Å². The normalized spacial score (nSPS) is 12.5. The monoisotopic (exact) mass is 216 g/mol. The zero-order chi connectivity index (χ0) is 9.84. The summed E-state index contributed by atoms with van der Waals surface area (Å²) in [6, 6.07) is 0. The standard InChI is InChI=1S/C9H13ClN2S/c1-6(2)7(4-11)3-9-12-5-8(10)13-9/h3,5-6H,4,11H2,1-2H3/b7-3+. The van der Waals surface area contributed by atoms with Crippen LogP contribution in [-0.2, 0) is 0 Å². The molecule has 13 heavy (non-hydrogen) atoms. The molecule has 0 aromatic carbocycles. The highest BCUT2D eigenvalue weighted by atomic mass is 35.5. The fourth-order valence-corrected chi connectivity index (χ4v) is 1.86. The van der Waals surface area contributed by atoms with Gasteiger partial charge in [-0.1, -0.05) is 31.0 Å². The quantitative estimate of drug-likeness (QED) is 0.844. The van der Waals surface area contributed by atoms with E-state index >= 15 is 0 Å². The molecule has 0 unspecified atom stereocenters. The van der Waals surface area contributed by atoms with Gasteiger partial charge < -0.3 is 5.73 Å². The largest absolute Gasteiger partial charge is 0.327 e. The van der Waals surface area contributed by atoms with E-state index < -0.39 is 0 Å². The fraction of sp³-hybridized carbons (Fsp3) is 0.444. The lowest BCUT2D eigenvalue weighted by Crippen LogP contribution is -2.07. The highest BCUT2D eigenvalue weighted by Crippen LogP contribution is 2.21. The summed E-state index contributed by atoms with van der Waals surface area (Å²) < 4.78 is 0.714. The number of hydrogen-bond acceptors (Lipinski definition) is 3. The van der Waals surface area contributed by atoms with E-state index in [9.17, 15) is 0 Å². The molecule has 0 saturated heterocycles. The van der Waals surface area contributed by atoms with Crippen molar-refractivity contribution in [2.75, 3.05) is 6.54 Å². The Hall–Kier alpha value is -0.380. The van der Waals surface area contributed by atoms with Crippen molar-refractivity contribution in [1.29, 1.82) is 0 Å². The Morgan fingerprint density at radius 1 is 1.77 bits per heavy atom. The van der Waals surface area contributed by atoms with Crippen molar-refractivity contribution in [3.63, 3.8) is 0 Å². The molecule has 1 aromatic rings. The molecule has 0 fully saturated rings. The second kappa shape index (κ2) is 4.74. The third-order valence-electron chi connectivity index (χ3n) is 1.78. The number of halogens is 1. The van der Waals surface area contributed by atoms with E-state index in [0.717, 1.165) is 5.01 Å². The highest BCUT2D eigenvalue weighted by molar-refractivity contribution is 7.16. The van der Waals surface area contributed by atoms with Crippen LogP contribution in [0.5, 0.6) is 0 Å². The molecule has 2 nitrogen and oxygen atoms in total. The first-order valence-corrected chi connectivity index (χ1v) is 5.34. The predicted molar refractivity (Wildman–Crippen MR) is 59.0 cm³/mol. The lowest BCUT2D eigenvalue weighted by Gasteiger charge is -2.06. The van der Waals surface area contributed by atoms with Crippen molar-refractivity contribution in [2.24, 2.45) is 11.7 Å². The van der Waals surface area contributed by atoms with E-state index in [1.807, 2.05) is 6.08 Å². The number of nitrogens with zero attached hydrogens (tertiary/aromatic N) is 1. The van der Waals surface area contributed by atoms with Crippen LogP contribution in [0.2, 0.25) is 4.34 Å². The Bertz CT molecular complexity index is 304. The molecular weight excluding hydrogens is 204 g/mol. The average Bonchev–Trinajstić information content (AvgIpc) is 2.46. The third kappa shape index (κ3) is 3.10. The predicted octanol–water partition coefficient (Wildman–Crippen LogP) is 2.79. The molecule has 0 aliphatic carbocycles. The molecule has 0 aliphatic heterocycles. The third-order valence-corrected chi connectivity index (χ3v) is 2.84. The molecule has 1 heterocycles. The van der Waals surface area contributed by atoms with Crippen LogP contribution in [0, 0.1) is 5.92 Å². The number of rotatable bonds is 3. The van der Waals surface area contributed by atoms with Crippen LogP contribution >= 0.6 is 22.9 Å². The van der Waals surface area contributed by atoms with E-state index in [4.69, 9.17) is 17.3 Å².